The van der Waals surface area contributed by atoms with Gasteiger partial charge in [-0.15, -0.1) is 0 Å². The van der Waals surface area contributed by atoms with Crippen molar-refractivity contribution in [2.45, 2.75) is 44.4 Å². The fourth-order valence-corrected chi connectivity index (χ4v) is 3.96. The molecule has 0 saturated heterocycles. The second-order valence-electron chi connectivity index (χ2n) is 6.85. The molecule has 3 N–H and O–H groups in total. The van der Waals surface area contributed by atoms with Crippen molar-refractivity contribution in [2.24, 2.45) is 17.6 Å². The fraction of sp³-hybridized carbons (Fsp3) is 0.474. The van der Waals surface area contributed by atoms with Gasteiger partial charge in [0.25, 0.3) is 0 Å². The van der Waals surface area contributed by atoms with Gasteiger partial charge in [0, 0.05) is 11.6 Å². The van der Waals surface area contributed by atoms with E-state index in [9.17, 15) is 4.39 Å². The van der Waals surface area contributed by atoms with Gasteiger partial charge in [-0.05, 0) is 86.1 Å². The van der Waals surface area contributed by atoms with Crippen molar-refractivity contribution in [3.8, 4) is 0 Å². The lowest BCUT2D eigenvalue weighted by molar-refractivity contribution is 0.205. The van der Waals surface area contributed by atoms with Crippen molar-refractivity contribution in [1.29, 1.82) is 0 Å². The van der Waals surface area contributed by atoms with Crippen LogP contribution in [0.5, 0.6) is 0 Å². The Morgan fingerprint density at radius 3 is 2.25 bits per heavy atom. The molecule has 4 nitrogen and oxygen atoms in total. The summed E-state index contributed by atoms with van der Waals surface area (Å²) in [6.07, 6.45) is 8.69. The van der Waals surface area contributed by atoms with Crippen LogP contribution in [0, 0.1) is 17.7 Å². The lowest BCUT2D eigenvalue weighted by atomic mass is 9.76. The number of primary amides is 1. The Morgan fingerprint density at radius 2 is 1.67 bits per heavy atom. The van der Waals surface area contributed by atoms with Crippen molar-refractivity contribution in [3.63, 3.8) is 0 Å². The van der Waals surface area contributed by atoms with Crippen LogP contribution >= 0.6 is 0 Å². The normalized spacial score (nSPS) is 23.4. The Labute approximate surface area is 140 Å². The van der Waals surface area contributed by atoms with E-state index in [1.54, 1.807) is 12.1 Å². The van der Waals surface area contributed by atoms with Crippen LogP contribution in [0.2, 0.25) is 0 Å². The second-order valence-corrected chi connectivity index (χ2v) is 6.85. The molecule has 2 saturated carbocycles. The molecule has 0 unspecified atom stereocenters. The molecule has 0 atom stereocenters. The van der Waals surface area contributed by atoms with Crippen LogP contribution in [-0.4, -0.2) is 16.2 Å². The maximum atomic E-state index is 13.5. The number of hydrogen-bond donors (Lipinski definition) is 2. The van der Waals surface area contributed by atoms with Crippen molar-refractivity contribution in [3.05, 3.63) is 41.8 Å². The van der Waals surface area contributed by atoms with E-state index in [0.29, 0.717) is 5.92 Å². The first-order chi connectivity index (χ1) is 11.5. The van der Waals surface area contributed by atoms with Gasteiger partial charge in [-0.25, -0.2) is 9.18 Å². The predicted molar refractivity (Wildman–Crippen MR) is 91.3 cm³/mol. The summed E-state index contributed by atoms with van der Waals surface area (Å²) in [5, 5.41) is 8.21. The zero-order valence-corrected chi connectivity index (χ0v) is 13.6. The van der Waals surface area contributed by atoms with E-state index in [-0.39, 0.29) is 5.82 Å². The van der Waals surface area contributed by atoms with Crippen molar-refractivity contribution >= 4 is 17.0 Å². The summed E-state index contributed by atoms with van der Waals surface area (Å²) in [5.74, 6) is 2.44. The van der Waals surface area contributed by atoms with Gasteiger partial charge >= 0.3 is 6.09 Å². The number of fused-ring (bicyclic) bond motifs is 1. The van der Waals surface area contributed by atoms with Gasteiger partial charge in [0.2, 0.25) is 0 Å². The molecule has 0 bridgehead atoms. The molecule has 1 amide bonds. The molecular weight excluding hydrogens is 307 g/mol. The van der Waals surface area contributed by atoms with E-state index in [4.69, 9.17) is 9.90 Å². The third-order valence-electron chi connectivity index (χ3n) is 5.24. The minimum absolute atomic E-state index is 0.154. The summed E-state index contributed by atoms with van der Waals surface area (Å²) in [7, 11) is 0. The van der Waals surface area contributed by atoms with E-state index in [0.717, 1.165) is 22.7 Å². The van der Waals surface area contributed by atoms with Crippen LogP contribution < -0.4 is 5.73 Å². The molecule has 128 valence electrons. The molecular formula is C19H23FN2O2. The predicted octanol–water partition coefficient (Wildman–Crippen LogP) is 4.68. The minimum Gasteiger partial charge on any atom is -0.465 e. The summed E-state index contributed by atoms with van der Waals surface area (Å²) >= 11 is 0. The Hall–Kier alpha value is -2.17. The smallest absolute Gasteiger partial charge is 0.402 e. The highest BCUT2D eigenvalue weighted by Crippen LogP contribution is 2.47. The van der Waals surface area contributed by atoms with E-state index in [1.807, 2.05) is 6.20 Å². The van der Waals surface area contributed by atoms with E-state index >= 15 is 0 Å². The van der Waals surface area contributed by atoms with Crippen LogP contribution in [0.1, 0.15) is 50.0 Å². The van der Waals surface area contributed by atoms with Gasteiger partial charge in [0.1, 0.15) is 5.82 Å². The summed E-state index contributed by atoms with van der Waals surface area (Å²) in [6.45, 7) is 0. The van der Waals surface area contributed by atoms with Crippen LogP contribution in [0.15, 0.2) is 30.5 Å². The van der Waals surface area contributed by atoms with E-state index in [2.05, 4.69) is 16.8 Å². The van der Waals surface area contributed by atoms with Gasteiger partial charge in [-0.1, -0.05) is 0 Å². The summed E-state index contributed by atoms with van der Waals surface area (Å²) < 4.78 is 13.5. The van der Waals surface area contributed by atoms with E-state index < -0.39 is 6.09 Å². The number of nitrogens with two attached hydrogens (primary N) is 1. The molecule has 0 aliphatic heterocycles. The first-order valence-corrected chi connectivity index (χ1v) is 8.57. The number of carboxylic acid groups (broad SMARTS) is 1. The Morgan fingerprint density at radius 1 is 1.08 bits per heavy atom. The number of rotatable bonds is 2. The van der Waals surface area contributed by atoms with Crippen LogP contribution in [0.4, 0.5) is 9.18 Å². The third kappa shape index (κ3) is 4.02. The number of nitrogens with zero attached hydrogens (tertiary/aromatic N) is 1. The monoisotopic (exact) mass is 330 g/mol. The fourth-order valence-electron chi connectivity index (χ4n) is 3.96. The summed E-state index contributed by atoms with van der Waals surface area (Å²) in [5.41, 5.74) is 6.26. The highest BCUT2D eigenvalue weighted by Gasteiger charge is 2.34. The topological polar surface area (TPSA) is 76.2 Å². The van der Waals surface area contributed by atoms with Gasteiger partial charge in [0.15, 0.2) is 0 Å². The number of amides is 1. The summed E-state index contributed by atoms with van der Waals surface area (Å²) in [6, 6.07) is 7.06. The molecule has 2 aliphatic rings. The molecule has 1 aromatic heterocycles. The maximum Gasteiger partial charge on any atom is 0.402 e. The average molecular weight is 330 g/mol. The average Bonchev–Trinajstić information content (AvgIpc) is 3.39. The first kappa shape index (κ1) is 16.7. The minimum atomic E-state index is -1.33. The van der Waals surface area contributed by atoms with Crippen molar-refractivity contribution in [1.82, 2.24) is 4.98 Å². The highest BCUT2D eigenvalue weighted by molar-refractivity contribution is 5.82. The van der Waals surface area contributed by atoms with Crippen molar-refractivity contribution < 1.29 is 14.3 Å². The van der Waals surface area contributed by atoms with Crippen LogP contribution in [0.25, 0.3) is 10.9 Å². The largest absolute Gasteiger partial charge is 0.465 e. The van der Waals surface area contributed by atoms with Gasteiger partial charge < -0.3 is 10.8 Å². The van der Waals surface area contributed by atoms with Gasteiger partial charge in [-0.3, -0.25) is 4.98 Å². The van der Waals surface area contributed by atoms with Crippen LogP contribution in [0.3, 0.4) is 0 Å². The number of aromatic nitrogens is 1. The second kappa shape index (κ2) is 7.16. The molecule has 1 heterocycles. The van der Waals surface area contributed by atoms with Gasteiger partial charge in [-0.2, -0.15) is 0 Å². The molecule has 4 rings (SSSR count). The zero-order chi connectivity index (χ0) is 17.1. The zero-order valence-electron chi connectivity index (χ0n) is 13.6. The number of halogens is 1. The molecule has 2 fully saturated rings. The Bertz CT molecular complexity index is 718. The molecule has 5 heteroatoms. The molecule has 2 aromatic rings. The standard InChI is InChI=1S/C18H20FN.CH3NO2/c19-15-7-8-18-17(11-15)16(9-10-20-18)14-5-3-13(4-6-14)12-1-2-12;2-1(3)4/h7-14H,1-6H2;2H2,(H,3,4). The molecule has 1 aromatic carbocycles. The number of pyridine rings is 1. The lowest BCUT2D eigenvalue weighted by Crippen LogP contribution is -2.15. The maximum absolute atomic E-state index is 13.5. The quantitative estimate of drug-likeness (QED) is 0.839. The first-order valence-electron chi connectivity index (χ1n) is 8.57. The highest BCUT2D eigenvalue weighted by atomic mass is 19.1. The molecule has 0 spiro atoms. The molecule has 2 aliphatic carbocycles. The Kier molecular flexibility index (Phi) is 4.97. The SMILES string of the molecule is Fc1ccc2nccc(C3CCC(C4CC4)CC3)c2c1.NC(=O)O. The lowest BCUT2D eigenvalue weighted by Gasteiger charge is -2.29. The van der Waals surface area contributed by atoms with E-state index in [1.165, 1.54) is 50.2 Å². The number of carbonyl (C=O) groups is 1. The Balaban J connectivity index is 0.000000383. The van der Waals surface area contributed by atoms with Crippen molar-refractivity contribution in [2.75, 3.05) is 0 Å². The van der Waals surface area contributed by atoms with Crippen LogP contribution in [-0.2, 0) is 0 Å². The summed E-state index contributed by atoms with van der Waals surface area (Å²) in [4.78, 5) is 13.1. The van der Waals surface area contributed by atoms with Gasteiger partial charge in [0.05, 0.1) is 5.52 Å². The molecule has 0 radical (unpaired) electrons. The molecule has 24 heavy (non-hydrogen) atoms. The number of hydrogen-bond acceptors (Lipinski definition) is 2. The number of benzene rings is 1. The third-order valence-corrected chi connectivity index (χ3v) is 5.24.